The number of carbonyl (C=O) groups is 2. The number of nitrogens with one attached hydrogen (secondary N) is 1. The van der Waals surface area contributed by atoms with E-state index < -0.39 is 11.6 Å². The number of likely N-dealkylation sites (tertiary alicyclic amines) is 1. The Balaban J connectivity index is 1.48. The number of rotatable bonds is 8. The van der Waals surface area contributed by atoms with E-state index in [2.05, 4.69) is 41.4 Å². The van der Waals surface area contributed by atoms with Crippen molar-refractivity contribution in [3.05, 3.63) is 75.8 Å². The van der Waals surface area contributed by atoms with Gasteiger partial charge in [0.25, 0.3) is 5.69 Å². The minimum Gasteiger partial charge on any atom is -0.352 e. The number of hydrogen-bond acceptors (Lipinski definition) is 5. The van der Waals surface area contributed by atoms with Crippen LogP contribution < -0.4 is 5.32 Å². The fourth-order valence-corrected chi connectivity index (χ4v) is 9.15. The van der Waals surface area contributed by atoms with E-state index in [4.69, 9.17) is 0 Å². The summed E-state index contributed by atoms with van der Waals surface area (Å²) in [5.74, 6) is 0.341. The molecule has 8 heteroatoms. The van der Waals surface area contributed by atoms with E-state index in [1.807, 2.05) is 23.1 Å². The molecule has 1 N–H and O–H groups in total. The second-order valence-corrected chi connectivity index (χ2v) is 12.7. The number of amides is 2. The molecule has 0 spiro atoms. The first kappa shape index (κ1) is 27.9. The molecule has 218 valence electrons. The largest absolute Gasteiger partial charge is 0.352 e. The van der Waals surface area contributed by atoms with Gasteiger partial charge in [0.1, 0.15) is 6.04 Å². The van der Waals surface area contributed by atoms with Crippen LogP contribution in [0.3, 0.4) is 0 Å². The van der Waals surface area contributed by atoms with Gasteiger partial charge in [0, 0.05) is 50.1 Å². The molecule has 6 atom stereocenters. The van der Waals surface area contributed by atoms with Crippen molar-refractivity contribution in [2.24, 2.45) is 17.8 Å². The summed E-state index contributed by atoms with van der Waals surface area (Å²) in [6.45, 7) is 5.40. The van der Waals surface area contributed by atoms with Crippen molar-refractivity contribution in [2.75, 3.05) is 6.54 Å². The SMILES string of the molecule is CCC[C@@H]1[C@H]2C[C@H]3CN(Cc4ccccc4)[C@@H]1[C@@]3(c1ccc([N+](=O)[O-])cc1)N(C(C)=O)[C@@H]2C(=O)NC1CCCCC1. The lowest BCUT2D eigenvalue weighted by Crippen LogP contribution is -2.76. The summed E-state index contributed by atoms with van der Waals surface area (Å²) in [4.78, 5) is 43.7. The second kappa shape index (κ2) is 11.2. The molecule has 8 nitrogen and oxygen atoms in total. The van der Waals surface area contributed by atoms with Crippen LogP contribution in [0.5, 0.6) is 0 Å². The Morgan fingerprint density at radius 1 is 1.05 bits per heavy atom. The molecule has 41 heavy (non-hydrogen) atoms. The Labute approximate surface area is 242 Å². The van der Waals surface area contributed by atoms with Crippen molar-refractivity contribution >= 4 is 17.5 Å². The quantitative estimate of drug-likeness (QED) is 0.345. The highest BCUT2D eigenvalue weighted by molar-refractivity contribution is 5.89. The molecule has 2 aromatic rings. The van der Waals surface area contributed by atoms with Crippen LogP contribution in [0.15, 0.2) is 54.6 Å². The monoisotopic (exact) mass is 558 g/mol. The van der Waals surface area contributed by atoms with Gasteiger partial charge in [-0.25, -0.2) is 0 Å². The lowest BCUT2D eigenvalue weighted by atomic mass is 9.53. The highest BCUT2D eigenvalue weighted by atomic mass is 16.6. The third kappa shape index (κ3) is 4.64. The van der Waals surface area contributed by atoms with Crippen LogP contribution in [-0.4, -0.2) is 51.2 Å². The van der Waals surface area contributed by atoms with Crippen LogP contribution in [0.2, 0.25) is 0 Å². The van der Waals surface area contributed by atoms with E-state index in [1.165, 1.54) is 12.0 Å². The zero-order chi connectivity index (χ0) is 28.7. The average Bonchev–Trinajstić information content (AvgIpc) is 3.22. The van der Waals surface area contributed by atoms with Gasteiger partial charge in [0.2, 0.25) is 11.8 Å². The maximum atomic E-state index is 14.2. The van der Waals surface area contributed by atoms with Crippen molar-refractivity contribution in [3.8, 4) is 0 Å². The Bertz CT molecular complexity index is 1280. The molecule has 3 heterocycles. The number of benzene rings is 2. The number of carbonyl (C=O) groups excluding carboxylic acids is 2. The van der Waals surface area contributed by atoms with Gasteiger partial charge in [0.15, 0.2) is 0 Å². The first-order chi connectivity index (χ1) is 19.9. The fraction of sp³-hybridized carbons (Fsp3) is 0.576. The average molecular weight is 559 g/mol. The predicted molar refractivity (Wildman–Crippen MR) is 157 cm³/mol. The summed E-state index contributed by atoms with van der Waals surface area (Å²) in [5, 5.41) is 14.9. The molecular formula is C33H42N4O4. The number of hydrogen-bond donors (Lipinski definition) is 1. The number of nitro benzene ring substituents is 1. The molecule has 2 aliphatic carbocycles. The molecule has 2 amide bonds. The van der Waals surface area contributed by atoms with Crippen LogP contribution >= 0.6 is 0 Å². The van der Waals surface area contributed by atoms with Crippen molar-refractivity contribution in [3.63, 3.8) is 0 Å². The van der Waals surface area contributed by atoms with E-state index in [0.29, 0.717) is 0 Å². The zero-order valence-electron chi connectivity index (χ0n) is 24.2. The van der Waals surface area contributed by atoms with E-state index in [-0.39, 0.29) is 52.3 Å². The number of fused-ring (bicyclic) bond motifs is 1. The predicted octanol–water partition coefficient (Wildman–Crippen LogP) is 5.41. The second-order valence-electron chi connectivity index (χ2n) is 12.7. The first-order valence-electron chi connectivity index (χ1n) is 15.5. The van der Waals surface area contributed by atoms with Crippen molar-refractivity contribution < 1.29 is 14.5 Å². The van der Waals surface area contributed by atoms with Crippen LogP contribution in [0.4, 0.5) is 5.69 Å². The molecule has 0 radical (unpaired) electrons. The molecule has 2 saturated carbocycles. The standard InChI is InChI=1S/C33H42N4O4/c1-3-10-28-29-19-25-21-35(20-23-11-6-4-7-12-23)31(28)33(25,24-15-17-27(18-16-24)37(40)41)36(22(2)38)30(29)32(39)34-26-13-8-5-9-14-26/h4,6-7,11-12,15-18,25-26,28-31H,3,5,8-10,13-14,19-21H2,1-2H3,(H,34,39)/t25-,28+,29+,30-,31-,33-/m0/s1. The summed E-state index contributed by atoms with van der Waals surface area (Å²) < 4.78 is 0. The summed E-state index contributed by atoms with van der Waals surface area (Å²) in [6.07, 6.45) is 8.28. The third-order valence-corrected chi connectivity index (χ3v) is 10.5. The Kier molecular flexibility index (Phi) is 7.62. The van der Waals surface area contributed by atoms with Crippen LogP contribution in [0, 0.1) is 27.9 Å². The number of nitrogens with zero attached hydrogens (tertiary/aromatic N) is 3. The zero-order valence-corrected chi connectivity index (χ0v) is 24.2. The number of non-ortho nitro benzene ring substituents is 1. The minimum atomic E-state index is -0.723. The Morgan fingerprint density at radius 3 is 2.39 bits per heavy atom. The topological polar surface area (TPSA) is 95.8 Å². The van der Waals surface area contributed by atoms with Gasteiger partial charge in [-0.3, -0.25) is 24.6 Å². The lowest BCUT2D eigenvalue weighted by Gasteiger charge is -2.65. The summed E-state index contributed by atoms with van der Waals surface area (Å²) in [7, 11) is 0. The maximum absolute atomic E-state index is 14.2. The molecule has 3 aliphatic heterocycles. The van der Waals surface area contributed by atoms with E-state index >= 15 is 0 Å². The summed E-state index contributed by atoms with van der Waals surface area (Å²) in [6, 6.07) is 16.9. The molecule has 2 aromatic carbocycles. The van der Waals surface area contributed by atoms with Crippen molar-refractivity contribution in [1.29, 1.82) is 0 Å². The Morgan fingerprint density at radius 2 is 1.76 bits per heavy atom. The van der Waals surface area contributed by atoms with Gasteiger partial charge < -0.3 is 10.2 Å². The summed E-state index contributed by atoms with van der Waals surface area (Å²) in [5.41, 5.74) is 1.46. The lowest BCUT2D eigenvalue weighted by molar-refractivity contribution is -0.384. The highest BCUT2D eigenvalue weighted by Gasteiger charge is 2.72. The molecule has 7 rings (SSSR count). The highest BCUT2D eigenvalue weighted by Crippen LogP contribution is 2.64. The van der Waals surface area contributed by atoms with E-state index in [1.54, 1.807) is 19.1 Å². The van der Waals surface area contributed by atoms with Crippen LogP contribution in [0.1, 0.15) is 76.3 Å². The smallest absolute Gasteiger partial charge is 0.269 e. The molecule has 0 aromatic heterocycles. The maximum Gasteiger partial charge on any atom is 0.269 e. The molecule has 5 aliphatic rings. The van der Waals surface area contributed by atoms with Crippen molar-refractivity contribution in [2.45, 2.75) is 95.4 Å². The molecule has 0 unspecified atom stereocenters. The van der Waals surface area contributed by atoms with E-state index in [0.717, 1.165) is 63.6 Å². The fourth-order valence-electron chi connectivity index (χ4n) is 9.15. The number of piperidine rings is 2. The Hall–Kier alpha value is -3.26. The van der Waals surface area contributed by atoms with Gasteiger partial charge in [0.05, 0.1) is 10.5 Å². The minimum absolute atomic E-state index is 0.0158. The summed E-state index contributed by atoms with van der Waals surface area (Å²) >= 11 is 0. The van der Waals surface area contributed by atoms with Crippen LogP contribution in [0.25, 0.3) is 0 Å². The van der Waals surface area contributed by atoms with Crippen molar-refractivity contribution in [1.82, 2.24) is 15.1 Å². The molecule has 5 fully saturated rings. The van der Waals surface area contributed by atoms with Gasteiger partial charge in [-0.15, -0.1) is 0 Å². The molecular weight excluding hydrogens is 516 g/mol. The van der Waals surface area contributed by atoms with Gasteiger partial charge >= 0.3 is 0 Å². The third-order valence-electron chi connectivity index (χ3n) is 10.5. The number of nitro groups is 1. The van der Waals surface area contributed by atoms with E-state index in [9.17, 15) is 19.7 Å². The van der Waals surface area contributed by atoms with Gasteiger partial charge in [-0.2, -0.15) is 0 Å². The van der Waals surface area contributed by atoms with Gasteiger partial charge in [-0.1, -0.05) is 62.9 Å². The first-order valence-corrected chi connectivity index (χ1v) is 15.5. The molecule has 3 saturated heterocycles. The normalized spacial score (nSPS) is 31.3. The van der Waals surface area contributed by atoms with Crippen LogP contribution in [-0.2, 0) is 21.7 Å². The van der Waals surface area contributed by atoms with Gasteiger partial charge in [-0.05, 0) is 60.8 Å². The molecule has 4 bridgehead atoms.